The van der Waals surface area contributed by atoms with Crippen molar-refractivity contribution < 1.29 is 4.74 Å². The number of hydrogen-bond acceptors (Lipinski definition) is 4. The van der Waals surface area contributed by atoms with Gasteiger partial charge in [0, 0.05) is 45.5 Å². The molecular weight excluding hydrogens is 378 g/mol. The summed E-state index contributed by atoms with van der Waals surface area (Å²) >= 11 is 1.72. The fourth-order valence-electron chi connectivity index (χ4n) is 3.87. The number of aromatic amines is 1. The minimum Gasteiger partial charge on any atom is -0.497 e. The van der Waals surface area contributed by atoms with Gasteiger partial charge in [-0.2, -0.15) is 0 Å². The van der Waals surface area contributed by atoms with Crippen LogP contribution in [-0.2, 0) is 0 Å². The monoisotopic (exact) mass is 401 g/mol. The second-order valence-electron chi connectivity index (χ2n) is 7.28. The molecule has 5 heteroatoms. The zero-order valence-corrected chi connectivity index (χ0v) is 17.2. The molecule has 1 saturated heterocycles. The zero-order valence-electron chi connectivity index (χ0n) is 16.4. The summed E-state index contributed by atoms with van der Waals surface area (Å²) < 4.78 is 5.27. The Morgan fingerprint density at radius 2 is 1.76 bits per heavy atom. The molecule has 2 aromatic heterocycles. The van der Waals surface area contributed by atoms with Crippen molar-refractivity contribution in [3.63, 3.8) is 0 Å². The van der Waals surface area contributed by atoms with Crippen LogP contribution < -0.4 is 9.64 Å². The summed E-state index contributed by atoms with van der Waals surface area (Å²) in [5.74, 6) is 1.95. The highest BCUT2D eigenvalue weighted by molar-refractivity contribution is 7.99. The van der Waals surface area contributed by atoms with Crippen molar-refractivity contribution in [2.75, 3.05) is 25.1 Å². The van der Waals surface area contributed by atoms with Gasteiger partial charge in [0.25, 0.3) is 0 Å². The van der Waals surface area contributed by atoms with Crippen LogP contribution in [-0.4, -0.2) is 30.2 Å². The van der Waals surface area contributed by atoms with Crippen LogP contribution in [0.5, 0.6) is 5.75 Å². The largest absolute Gasteiger partial charge is 0.497 e. The summed E-state index contributed by atoms with van der Waals surface area (Å²) in [6.07, 6.45) is 4.46. The summed E-state index contributed by atoms with van der Waals surface area (Å²) in [4.78, 5) is 13.2. The van der Waals surface area contributed by atoms with E-state index in [1.807, 2.05) is 18.3 Å². The van der Waals surface area contributed by atoms with Crippen LogP contribution >= 0.6 is 11.8 Å². The first-order valence-electron chi connectivity index (χ1n) is 9.95. The number of rotatable bonds is 5. The topological polar surface area (TPSA) is 41.1 Å². The van der Waals surface area contributed by atoms with Crippen LogP contribution in [0, 0.1) is 0 Å². The van der Waals surface area contributed by atoms with Crippen molar-refractivity contribution in [1.82, 2.24) is 9.97 Å². The van der Waals surface area contributed by atoms with E-state index in [0.29, 0.717) is 0 Å². The summed E-state index contributed by atoms with van der Waals surface area (Å²) in [7, 11) is 1.69. The smallest absolute Gasteiger partial charge is 0.137 e. The van der Waals surface area contributed by atoms with Crippen molar-refractivity contribution in [2.45, 2.75) is 22.6 Å². The second-order valence-corrected chi connectivity index (χ2v) is 8.43. The van der Waals surface area contributed by atoms with Gasteiger partial charge in [0.2, 0.25) is 0 Å². The van der Waals surface area contributed by atoms with Crippen LogP contribution in [0.1, 0.15) is 12.8 Å². The van der Waals surface area contributed by atoms with E-state index >= 15 is 0 Å². The average Bonchev–Trinajstić information content (AvgIpc) is 3.44. The van der Waals surface area contributed by atoms with E-state index in [1.54, 1.807) is 18.9 Å². The number of para-hydroxylation sites is 1. The maximum atomic E-state index is 5.27. The molecule has 1 aliphatic heterocycles. The number of nitrogens with one attached hydrogen (secondary N) is 1. The number of H-pyrrole nitrogens is 1. The lowest BCUT2D eigenvalue weighted by molar-refractivity contribution is 0.414. The van der Waals surface area contributed by atoms with Gasteiger partial charge in [-0.25, -0.2) is 4.98 Å². The minimum atomic E-state index is 0.871. The molecule has 1 aliphatic rings. The van der Waals surface area contributed by atoms with Gasteiger partial charge in [-0.1, -0.05) is 30.0 Å². The van der Waals surface area contributed by atoms with Crippen molar-refractivity contribution in [1.29, 1.82) is 0 Å². The van der Waals surface area contributed by atoms with E-state index in [1.165, 1.54) is 28.7 Å². The lowest BCUT2D eigenvalue weighted by Gasteiger charge is -2.20. The van der Waals surface area contributed by atoms with Crippen molar-refractivity contribution in [3.8, 4) is 17.0 Å². The Hall–Kier alpha value is -2.92. The Balaban J connectivity index is 1.54. The van der Waals surface area contributed by atoms with Crippen molar-refractivity contribution in [3.05, 3.63) is 66.9 Å². The number of fused-ring (bicyclic) bond motifs is 1. The molecule has 4 aromatic rings. The number of benzene rings is 2. The molecule has 0 bridgehead atoms. The molecule has 5 rings (SSSR count). The first kappa shape index (κ1) is 18.1. The predicted molar refractivity (Wildman–Crippen MR) is 120 cm³/mol. The number of aromatic nitrogens is 2. The highest BCUT2D eigenvalue weighted by Crippen LogP contribution is 2.37. The molecule has 146 valence electrons. The molecule has 3 heterocycles. The summed E-state index contributed by atoms with van der Waals surface area (Å²) in [5.41, 5.74) is 3.45. The van der Waals surface area contributed by atoms with Gasteiger partial charge in [0.15, 0.2) is 0 Å². The van der Waals surface area contributed by atoms with Gasteiger partial charge in [0.05, 0.1) is 12.8 Å². The molecular formula is C24H23N3OS. The Bertz CT molecular complexity index is 1100. The minimum absolute atomic E-state index is 0.871. The summed E-state index contributed by atoms with van der Waals surface area (Å²) in [6.45, 7) is 2.15. The van der Waals surface area contributed by atoms with E-state index in [2.05, 4.69) is 58.4 Å². The zero-order chi connectivity index (χ0) is 19.6. The molecule has 1 fully saturated rings. The summed E-state index contributed by atoms with van der Waals surface area (Å²) in [6, 6.07) is 21.1. The van der Waals surface area contributed by atoms with Crippen molar-refractivity contribution >= 4 is 28.5 Å². The molecule has 0 radical (unpaired) electrons. The van der Waals surface area contributed by atoms with Crippen LogP contribution in [0.4, 0.5) is 5.82 Å². The lowest BCUT2D eigenvalue weighted by atomic mass is 10.1. The van der Waals surface area contributed by atoms with Crippen LogP contribution in [0.15, 0.2) is 76.7 Å². The van der Waals surface area contributed by atoms with Crippen LogP contribution in [0.25, 0.3) is 22.2 Å². The van der Waals surface area contributed by atoms with Gasteiger partial charge < -0.3 is 14.6 Å². The molecule has 0 aliphatic carbocycles. The van der Waals surface area contributed by atoms with Crippen LogP contribution in [0.3, 0.4) is 0 Å². The maximum Gasteiger partial charge on any atom is 0.137 e. The normalized spacial score (nSPS) is 13.9. The van der Waals surface area contributed by atoms with E-state index < -0.39 is 0 Å². The number of pyridine rings is 1. The quantitative estimate of drug-likeness (QED) is 0.446. The third-order valence-electron chi connectivity index (χ3n) is 5.36. The van der Waals surface area contributed by atoms with Crippen molar-refractivity contribution in [2.24, 2.45) is 0 Å². The Labute approximate surface area is 174 Å². The molecule has 4 nitrogen and oxygen atoms in total. The molecule has 1 N–H and O–H groups in total. The van der Waals surface area contributed by atoms with Gasteiger partial charge >= 0.3 is 0 Å². The van der Waals surface area contributed by atoms with E-state index in [0.717, 1.165) is 40.8 Å². The first-order chi connectivity index (χ1) is 14.3. The van der Waals surface area contributed by atoms with Crippen LogP contribution in [0.2, 0.25) is 0 Å². The molecule has 0 atom stereocenters. The maximum absolute atomic E-state index is 5.27. The number of methoxy groups -OCH3 is 1. The fraction of sp³-hybridized carbons (Fsp3) is 0.208. The van der Waals surface area contributed by atoms with Gasteiger partial charge in [0.1, 0.15) is 11.6 Å². The molecule has 0 spiro atoms. The standard InChI is InChI=1S/C24H23N3OS/c1-28-18-8-10-19(11-9-18)29-20-15-21(24(25-16-20)27-12-4-5-13-27)23-14-17-6-2-3-7-22(17)26-23/h2-3,6-11,14-16,26H,4-5,12-13H2,1H3. The fourth-order valence-corrected chi connectivity index (χ4v) is 4.70. The second kappa shape index (κ2) is 7.84. The van der Waals surface area contributed by atoms with Gasteiger partial charge in [-0.15, -0.1) is 0 Å². The molecule has 29 heavy (non-hydrogen) atoms. The lowest BCUT2D eigenvalue weighted by Crippen LogP contribution is -2.19. The van der Waals surface area contributed by atoms with E-state index in [4.69, 9.17) is 9.72 Å². The molecule has 0 amide bonds. The first-order valence-corrected chi connectivity index (χ1v) is 10.8. The number of anilines is 1. The van der Waals surface area contributed by atoms with Gasteiger partial charge in [-0.3, -0.25) is 0 Å². The van der Waals surface area contributed by atoms with Gasteiger partial charge in [-0.05, 0) is 55.3 Å². The average molecular weight is 402 g/mol. The highest BCUT2D eigenvalue weighted by atomic mass is 32.2. The van der Waals surface area contributed by atoms with E-state index in [9.17, 15) is 0 Å². The molecule has 0 unspecified atom stereocenters. The Morgan fingerprint density at radius 1 is 0.966 bits per heavy atom. The predicted octanol–water partition coefficient (Wildman–Crippen LogP) is 5.99. The third-order valence-corrected chi connectivity index (χ3v) is 6.33. The molecule has 2 aromatic carbocycles. The highest BCUT2D eigenvalue weighted by Gasteiger charge is 2.20. The Morgan fingerprint density at radius 3 is 2.52 bits per heavy atom. The summed E-state index contributed by atoms with van der Waals surface area (Å²) in [5, 5.41) is 1.23. The number of ether oxygens (including phenoxy) is 1. The number of nitrogens with zero attached hydrogens (tertiary/aromatic N) is 2. The third kappa shape index (κ3) is 3.70. The van der Waals surface area contributed by atoms with E-state index in [-0.39, 0.29) is 0 Å². The molecule has 0 saturated carbocycles. The Kier molecular flexibility index (Phi) is 4.90. The number of hydrogen-bond donors (Lipinski definition) is 1. The SMILES string of the molecule is COc1ccc(Sc2cnc(N3CCCC3)c(-c3cc4ccccc4[nH]3)c2)cc1.